The van der Waals surface area contributed by atoms with Gasteiger partial charge in [0.05, 0.1) is 18.8 Å². The van der Waals surface area contributed by atoms with Crippen molar-refractivity contribution in [2.45, 2.75) is 38.2 Å². The van der Waals surface area contributed by atoms with E-state index in [0.29, 0.717) is 23.8 Å². The minimum Gasteiger partial charge on any atom is -0.496 e. The molecule has 21 heavy (non-hydrogen) atoms. The summed E-state index contributed by atoms with van der Waals surface area (Å²) in [4.78, 5) is 12.2. The van der Waals surface area contributed by atoms with Crippen LogP contribution in [-0.4, -0.2) is 30.8 Å². The molecule has 5 heteroatoms. The van der Waals surface area contributed by atoms with E-state index in [1.165, 1.54) is 26.4 Å². The minimum absolute atomic E-state index is 0.214. The predicted molar refractivity (Wildman–Crippen MR) is 85.6 cm³/mol. The van der Waals surface area contributed by atoms with Crippen LogP contribution >= 0.6 is 15.9 Å². The normalized spacial score (nSPS) is 17.3. The largest absolute Gasteiger partial charge is 0.496 e. The molecule has 1 saturated carbocycles. The molecule has 0 bridgehead atoms. The number of amides is 1. The SMILES string of the molecule is COc1cc(Br)ccc1C(=O)NCC(O)C1CCCCC1. The standard InChI is InChI=1S/C16H22BrNO3/c1-21-15-9-12(17)7-8-13(15)16(20)18-10-14(19)11-5-3-2-4-6-11/h7-9,11,14,19H,2-6,10H2,1H3,(H,18,20). The molecule has 116 valence electrons. The number of ether oxygens (including phenoxy) is 1. The molecule has 1 aliphatic rings. The van der Waals surface area contributed by atoms with Crippen LogP contribution in [0.3, 0.4) is 0 Å². The molecule has 2 N–H and O–H groups in total. The first-order chi connectivity index (χ1) is 10.1. The lowest BCUT2D eigenvalue weighted by atomic mass is 9.85. The first kappa shape index (κ1) is 16.3. The van der Waals surface area contributed by atoms with Gasteiger partial charge in [-0.15, -0.1) is 0 Å². The third-order valence-electron chi connectivity index (χ3n) is 4.07. The number of carbonyl (C=O) groups is 1. The molecule has 1 aromatic carbocycles. The van der Waals surface area contributed by atoms with Gasteiger partial charge in [0.2, 0.25) is 0 Å². The highest BCUT2D eigenvalue weighted by molar-refractivity contribution is 9.10. The van der Waals surface area contributed by atoms with Crippen molar-refractivity contribution in [3.63, 3.8) is 0 Å². The number of methoxy groups -OCH3 is 1. The summed E-state index contributed by atoms with van der Waals surface area (Å²) in [6, 6.07) is 5.27. The topological polar surface area (TPSA) is 58.6 Å². The van der Waals surface area contributed by atoms with Gasteiger partial charge in [-0.05, 0) is 37.0 Å². The first-order valence-electron chi connectivity index (χ1n) is 7.41. The number of carbonyl (C=O) groups excluding carboxylic acids is 1. The minimum atomic E-state index is -0.462. The Bertz CT molecular complexity index is 486. The third kappa shape index (κ3) is 4.45. The van der Waals surface area contributed by atoms with Crippen LogP contribution in [0.5, 0.6) is 5.75 Å². The van der Waals surface area contributed by atoms with Crippen molar-refractivity contribution >= 4 is 21.8 Å². The lowest BCUT2D eigenvalue weighted by Crippen LogP contribution is -2.37. The Morgan fingerprint density at radius 2 is 2.14 bits per heavy atom. The fourth-order valence-corrected chi connectivity index (χ4v) is 3.17. The number of hydrogen-bond donors (Lipinski definition) is 2. The van der Waals surface area contributed by atoms with E-state index in [1.807, 2.05) is 0 Å². The van der Waals surface area contributed by atoms with Crippen LogP contribution in [0.2, 0.25) is 0 Å². The van der Waals surface area contributed by atoms with Crippen LogP contribution in [0.1, 0.15) is 42.5 Å². The highest BCUT2D eigenvalue weighted by Crippen LogP contribution is 2.26. The molecule has 1 amide bonds. The van der Waals surface area contributed by atoms with Crippen LogP contribution < -0.4 is 10.1 Å². The van der Waals surface area contributed by atoms with Crippen LogP contribution in [0, 0.1) is 5.92 Å². The number of rotatable bonds is 5. The lowest BCUT2D eigenvalue weighted by molar-refractivity contribution is 0.0737. The molecule has 1 aromatic rings. The number of benzene rings is 1. The van der Waals surface area contributed by atoms with Gasteiger partial charge in [0, 0.05) is 11.0 Å². The second-order valence-corrected chi connectivity index (χ2v) is 6.44. The van der Waals surface area contributed by atoms with Crippen molar-refractivity contribution in [2.24, 2.45) is 5.92 Å². The summed E-state index contributed by atoms with van der Waals surface area (Å²) >= 11 is 3.35. The molecule has 1 atom stereocenters. The highest BCUT2D eigenvalue weighted by Gasteiger charge is 2.22. The van der Waals surface area contributed by atoms with E-state index in [-0.39, 0.29) is 5.91 Å². The maximum Gasteiger partial charge on any atom is 0.255 e. The molecule has 1 aliphatic carbocycles. The van der Waals surface area contributed by atoms with Gasteiger partial charge in [-0.3, -0.25) is 4.79 Å². The average Bonchev–Trinajstić information content (AvgIpc) is 2.52. The van der Waals surface area contributed by atoms with E-state index >= 15 is 0 Å². The summed E-state index contributed by atoms with van der Waals surface area (Å²) in [6.45, 7) is 0.294. The number of aliphatic hydroxyl groups excluding tert-OH is 1. The monoisotopic (exact) mass is 355 g/mol. The Hall–Kier alpha value is -1.07. The molecule has 2 rings (SSSR count). The van der Waals surface area contributed by atoms with Crippen molar-refractivity contribution in [1.82, 2.24) is 5.32 Å². The zero-order valence-electron chi connectivity index (χ0n) is 12.3. The average molecular weight is 356 g/mol. The fourth-order valence-electron chi connectivity index (χ4n) is 2.83. The van der Waals surface area contributed by atoms with Crippen LogP contribution in [-0.2, 0) is 0 Å². The zero-order chi connectivity index (χ0) is 15.2. The summed E-state index contributed by atoms with van der Waals surface area (Å²) in [5.74, 6) is 0.620. The quantitative estimate of drug-likeness (QED) is 0.852. The Labute approximate surface area is 134 Å². The van der Waals surface area contributed by atoms with Gasteiger partial charge in [0.25, 0.3) is 5.91 Å². The number of nitrogens with one attached hydrogen (secondary N) is 1. The smallest absolute Gasteiger partial charge is 0.255 e. The molecule has 0 saturated heterocycles. The van der Waals surface area contributed by atoms with Crippen molar-refractivity contribution < 1.29 is 14.6 Å². The van der Waals surface area contributed by atoms with Crippen LogP contribution in [0.4, 0.5) is 0 Å². The molecule has 0 aromatic heterocycles. The second kappa shape index (κ2) is 7.80. The van der Waals surface area contributed by atoms with Gasteiger partial charge in [-0.25, -0.2) is 0 Å². The van der Waals surface area contributed by atoms with E-state index in [0.717, 1.165) is 17.3 Å². The molecule has 1 fully saturated rings. The van der Waals surface area contributed by atoms with Crippen molar-refractivity contribution in [2.75, 3.05) is 13.7 Å². The van der Waals surface area contributed by atoms with Gasteiger partial charge < -0.3 is 15.2 Å². The summed E-state index contributed by atoms with van der Waals surface area (Å²) in [5, 5.41) is 13.0. The summed E-state index contributed by atoms with van der Waals surface area (Å²) in [7, 11) is 1.54. The van der Waals surface area contributed by atoms with Gasteiger partial charge in [-0.1, -0.05) is 35.2 Å². The van der Waals surface area contributed by atoms with Crippen LogP contribution in [0.25, 0.3) is 0 Å². The Morgan fingerprint density at radius 1 is 1.43 bits per heavy atom. The van der Waals surface area contributed by atoms with Crippen molar-refractivity contribution in [1.29, 1.82) is 0 Å². The van der Waals surface area contributed by atoms with E-state index in [2.05, 4.69) is 21.2 Å². The Kier molecular flexibility index (Phi) is 6.06. The molecule has 1 unspecified atom stereocenters. The first-order valence-corrected chi connectivity index (χ1v) is 8.21. The van der Waals surface area contributed by atoms with Gasteiger partial charge in [-0.2, -0.15) is 0 Å². The lowest BCUT2D eigenvalue weighted by Gasteiger charge is -2.26. The maximum absolute atomic E-state index is 12.2. The molecule has 0 aliphatic heterocycles. The molecular formula is C16H22BrNO3. The predicted octanol–water partition coefficient (Wildman–Crippen LogP) is 3.13. The third-order valence-corrected chi connectivity index (χ3v) is 4.57. The van der Waals surface area contributed by atoms with Crippen LogP contribution in [0.15, 0.2) is 22.7 Å². The summed E-state index contributed by atoms with van der Waals surface area (Å²) in [5.41, 5.74) is 0.483. The van der Waals surface area contributed by atoms with E-state index in [1.54, 1.807) is 18.2 Å². The van der Waals surface area contributed by atoms with Gasteiger partial charge >= 0.3 is 0 Å². The Morgan fingerprint density at radius 3 is 2.81 bits per heavy atom. The van der Waals surface area contributed by atoms with E-state index in [4.69, 9.17) is 4.74 Å². The molecular weight excluding hydrogens is 334 g/mol. The molecule has 0 radical (unpaired) electrons. The second-order valence-electron chi connectivity index (χ2n) is 5.52. The fraction of sp³-hybridized carbons (Fsp3) is 0.562. The zero-order valence-corrected chi connectivity index (χ0v) is 13.9. The number of hydrogen-bond acceptors (Lipinski definition) is 3. The highest BCUT2D eigenvalue weighted by atomic mass is 79.9. The van der Waals surface area contributed by atoms with Crippen molar-refractivity contribution in [3.05, 3.63) is 28.2 Å². The van der Waals surface area contributed by atoms with E-state index < -0.39 is 6.10 Å². The Balaban J connectivity index is 1.92. The maximum atomic E-state index is 12.2. The summed E-state index contributed by atoms with van der Waals surface area (Å²) in [6.07, 6.45) is 5.26. The molecule has 4 nitrogen and oxygen atoms in total. The van der Waals surface area contributed by atoms with Gasteiger partial charge in [0.15, 0.2) is 0 Å². The number of halogens is 1. The van der Waals surface area contributed by atoms with Crippen molar-refractivity contribution in [3.8, 4) is 5.75 Å². The molecule has 0 spiro atoms. The molecule has 0 heterocycles. The summed E-state index contributed by atoms with van der Waals surface area (Å²) < 4.78 is 6.08. The van der Waals surface area contributed by atoms with Gasteiger partial charge in [0.1, 0.15) is 5.75 Å². The van der Waals surface area contributed by atoms with E-state index in [9.17, 15) is 9.90 Å². The number of aliphatic hydroxyl groups is 1.